The van der Waals surface area contributed by atoms with Crippen molar-refractivity contribution in [1.82, 2.24) is 24.5 Å². The number of aromatic nitrogens is 4. The van der Waals surface area contributed by atoms with Gasteiger partial charge >= 0.3 is 0 Å². The summed E-state index contributed by atoms with van der Waals surface area (Å²) >= 11 is 1.58. The number of hydrogen-bond acceptors (Lipinski definition) is 5. The average molecular weight is 476 g/mol. The third-order valence-corrected chi connectivity index (χ3v) is 7.42. The van der Waals surface area contributed by atoms with Gasteiger partial charge in [0.15, 0.2) is 5.16 Å². The first kappa shape index (κ1) is 22.7. The maximum Gasteiger partial charge on any atom is 0.262 e. The molecule has 2 aromatic heterocycles. The van der Waals surface area contributed by atoms with Crippen LogP contribution >= 0.6 is 11.8 Å². The highest BCUT2D eigenvalue weighted by Gasteiger charge is 2.21. The summed E-state index contributed by atoms with van der Waals surface area (Å²) in [6.07, 6.45) is 5.17. The molecule has 1 fully saturated rings. The first-order chi connectivity index (χ1) is 16.5. The molecule has 5 rings (SSSR count). The van der Waals surface area contributed by atoms with Crippen LogP contribution in [-0.2, 0) is 12.3 Å². The van der Waals surface area contributed by atoms with Crippen LogP contribution in [0.2, 0.25) is 0 Å². The van der Waals surface area contributed by atoms with Gasteiger partial charge in [0.05, 0.1) is 10.9 Å². The van der Waals surface area contributed by atoms with E-state index in [1.54, 1.807) is 28.5 Å². The molecule has 1 N–H and O–H groups in total. The number of rotatable bonds is 7. The van der Waals surface area contributed by atoms with Crippen LogP contribution in [0.3, 0.4) is 0 Å². The number of carbonyl (C=O) groups is 1. The minimum absolute atomic E-state index is 0.0956. The molecular weight excluding hydrogens is 446 g/mol. The Hall–Kier alpha value is -3.13. The van der Waals surface area contributed by atoms with Gasteiger partial charge in [0, 0.05) is 23.9 Å². The van der Waals surface area contributed by atoms with Gasteiger partial charge in [-0.2, -0.15) is 0 Å². The molecule has 1 amide bonds. The molecule has 2 heterocycles. The summed E-state index contributed by atoms with van der Waals surface area (Å²) < 4.78 is 3.61. The number of hydrogen-bond donors (Lipinski definition) is 1. The van der Waals surface area contributed by atoms with E-state index < -0.39 is 0 Å². The van der Waals surface area contributed by atoms with E-state index >= 15 is 0 Å². The number of thioether (sulfide) groups is 1. The van der Waals surface area contributed by atoms with Crippen molar-refractivity contribution in [2.75, 3.05) is 0 Å². The van der Waals surface area contributed by atoms with Crippen molar-refractivity contribution >= 4 is 34.3 Å². The van der Waals surface area contributed by atoms with Crippen LogP contribution in [0.15, 0.2) is 52.4 Å². The second-order valence-electron chi connectivity index (χ2n) is 9.04. The summed E-state index contributed by atoms with van der Waals surface area (Å²) in [6, 6.07) is 13.9. The molecule has 1 aliphatic rings. The number of aryl methyl sites for hydroxylation is 2. The quantitative estimate of drug-likeness (QED) is 0.391. The Bertz CT molecular complexity index is 1420. The van der Waals surface area contributed by atoms with Gasteiger partial charge in [0.2, 0.25) is 5.78 Å². The minimum Gasteiger partial charge on any atom is -0.349 e. The van der Waals surface area contributed by atoms with Crippen LogP contribution in [0.5, 0.6) is 0 Å². The van der Waals surface area contributed by atoms with Crippen LogP contribution in [0.4, 0.5) is 0 Å². The smallest absolute Gasteiger partial charge is 0.262 e. The fourth-order valence-corrected chi connectivity index (χ4v) is 5.61. The zero-order valence-electron chi connectivity index (χ0n) is 19.6. The molecule has 4 aromatic rings. The molecule has 0 bridgehead atoms. The van der Waals surface area contributed by atoms with Gasteiger partial charge in [0.25, 0.3) is 11.5 Å². The van der Waals surface area contributed by atoms with Crippen molar-refractivity contribution in [2.45, 2.75) is 69.4 Å². The number of benzene rings is 2. The SMILES string of the molecule is CCCn1c(=O)c2ccc(C(=O)NC3CCCC3)cc2n2c(SCc3cccc(C)c3)nnc12. The lowest BCUT2D eigenvalue weighted by Gasteiger charge is -2.14. The Morgan fingerprint density at radius 2 is 1.97 bits per heavy atom. The maximum atomic E-state index is 13.3. The molecule has 2 aromatic carbocycles. The molecule has 0 atom stereocenters. The predicted octanol–water partition coefficient (Wildman–Crippen LogP) is 4.73. The van der Waals surface area contributed by atoms with Crippen LogP contribution in [-0.4, -0.2) is 31.1 Å². The number of carbonyl (C=O) groups excluding carboxylic acids is 1. The van der Waals surface area contributed by atoms with E-state index in [2.05, 4.69) is 46.7 Å². The second kappa shape index (κ2) is 9.62. The molecule has 34 heavy (non-hydrogen) atoms. The van der Waals surface area contributed by atoms with Crippen molar-refractivity contribution in [1.29, 1.82) is 0 Å². The van der Waals surface area contributed by atoms with Crippen LogP contribution in [0.25, 0.3) is 16.7 Å². The lowest BCUT2D eigenvalue weighted by atomic mass is 10.1. The average Bonchev–Trinajstić information content (AvgIpc) is 3.50. The third-order valence-electron chi connectivity index (χ3n) is 6.42. The van der Waals surface area contributed by atoms with Crippen LogP contribution in [0.1, 0.15) is 60.5 Å². The summed E-state index contributed by atoms with van der Waals surface area (Å²) in [5.41, 5.74) is 3.53. The fraction of sp³-hybridized carbons (Fsp3) is 0.385. The third kappa shape index (κ3) is 4.34. The van der Waals surface area contributed by atoms with E-state index in [1.807, 2.05) is 17.4 Å². The van der Waals surface area contributed by atoms with Gasteiger partial charge in [-0.3, -0.25) is 18.6 Å². The maximum absolute atomic E-state index is 13.3. The van der Waals surface area contributed by atoms with E-state index in [1.165, 1.54) is 11.1 Å². The van der Waals surface area contributed by atoms with E-state index in [-0.39, 0.29) is 17.5 Å². The number of nitrogens with zero attached hydrogens (tertiary/aromatic N) is 4. The molecule has 0 aliphatic heterocycles. The van der Waals surface area contributed by atoms with Crippen molar-refractivity contribution in [3.63, 3.8) is 0 Å². The van der Waals surface area contributed by atoms with Gasteiger partial charge in [-0.15, -0.1) is 10.2 Å². The Morgan fingerprint density at radius 1 is 1.15 bits per heavy atom. The number of fused-ring (bicyclic) bond motifs is 3. The van der Waals surface area contributed by atoms with E-state index in [0.29, 0.717) is 33.9 Å². The van der Waals surface area contributed by atoms with E-state index in [4.69, 9.17) is 0 Å². The zero-order valence-corrected chi connectivity index (χ0v) is 20.4. The van der Waals surface area contributed by atoms with Gasteiger partial charge in [-0.05, 0) is 49.9 Å². The second-order valence-corrected chi connectivity index (χ2v) is 9.98. The topological polar surface area (TPSA) is 81.3 Å². The monoisotopic (exact) mass is 475 g/mol. The molecule has 0 radical (unpaired) electrons. The molecule has 7 nitrogen and oxygen atoms in total. The van der Waals surface area contributed by atoms with Crippen molar-refractivity contribution in [3.8, 4) is 0 Å². The number of nitrogens with one attached hydrogen (secondary N) is 1. The predicted molar refractivity (Wildman–Crippen MR) is 136 cm³/mol. The van der Waals surface area contributed by atoms with Crippen LogP contribution < -0.4 is 10.9 Å². The molecule has 0 spiro atoms. The molecule has 8 heteroatoms. The molecular formula is C26H29N5O2S. The Kier molecular flexibility index (Phi) is 6.41. The normalized spacial score (nSPS) is 14.3. The largest absolute Gasteiger partial charge is 0.349 e. The van der Waals surface area contributed by atoms with Gasteiger partial charge in [-0.25, -0.2) is 0 Å². The van der Waals surface area contributed by atoms with Crippen molar-refractivity contribution in [3.05, 3.63) is 69.5 Å². The van der Waals surface area contributed by atoms with Crippen molar-refractivity contribution < 1.29 is 4.79 Å². The summed E-state index contributed by atoms with van der Waals surface area (Å²) in [5, 5.41) is 13.3. The lowest BCUT2D eigenvalue weighted by molar-refractivity contribution is 0.0938. The van der Waals surface area contributed by atoms with Gasteiger partial charge < -0.3 is 5.32 Å². The fourth-order valence-electron chi connectivity index (χ4n) is 4.73. The van der Waals surface area contributed by atoms with E-state index in [0.717, 1.165) is 37.9 Å². The Balaban J connectivity index is 1.59. The highest BCUT2D eigenvalue weighted by atomic mass is 32.2. The Labute approximate surface area is 202 Å². The highest BCUT2D eigenvalue weighted by Crippen LogP contribution is 2.26. The molecule has 0 unspecified atom stereocenters. The lowest BCUT2D eigenvalue weighted by Crippen LogP contribution is -2.32. The van der Waals surface area contributed by atoms with Crippen molar-refractivity contribution in [2.24, 2.45) is 0 Å². The summed E-state index contributed by atoms with van der Waals surface area (Å²) in [5.74, 6) is 1.15. The first-order valence-corrected chi connectivity index (χ1v) is 12.9. The molecule has 1 aliphatic carbocycles. The summed E-state index contributed by atoms with van der Waals surface area (Å²) in [4.78, 5) is 26.3. The molecule has 0 saturated heterocycles. The highest BCUT2D eigenvalue weighted by molar-refractivity contribution is 7.98. The Morgan fingerprint density at radius 3 is 2.74 bits per heavy atom. The zero-order chi connectivity index (χ0) is 23.7. The standard InChI is InChI=1S/C26H29N5O2S/c1-3-13-30-24(33)21-12-11-19(23(32)27-20-9-4-5-10-20)15-22(21)31-25(30)28-29-26(31)34-16-18-8-6-7-17(2)14-18/h6-8,11-12,14-15,20H,3-5,9-10,13,16H2,1-2H3,(H,27,32). The summed E-state index contributed by atoms with van der Waals surface area (Å²) in [6.45, 7) is 4.67. The molecule has 176 valence electrons. The van der Waals surface area contributed by atoms with Gasteiger partial charge in [-0.1, -0.05) is 61.4 Å². The summed E-state index contributed by atoms with van der Waals surface area (Å²) in [7, 11) is 0. The minimum atomic E-state index is -0.102. The van der Waals surface area contributed by atoms with Gasteiger partial charge in [0.1, 0.15) is 0 Å². The van der Waals surface area contributed by atoms with Crippen LogP contribution in [0, 0.1) is 6.92 Å². The van der Waals surface area contributed by atoms with E-state index in [9.17, 15) is 9.59 Å². The molecule has 1 saturated carbocycles. The number of amides is 1. The first-order valence-electron chi connectivity index (χ1n) is 12.0.